The smallest absolute Gasteiger partial charge is 0.159 e. The Bertz CT molecular complexity index is 1950. The van der Waals surface area contributed by atoms with Crippen molar-refractivity contribution < 1.29 is 5.11 Å². The van der Waals surface area contributed by atoms with Gasteiger partial charge in [0.2, 0.25) is 0 Å². The second-order valence-corrected chi connectivity index (χ2v) is 12.0. The number of nitrogens with zero attached hydrogens (tertiary/aromatic N) is 2. The number of hydrogen-bond donors (Lipinski definition) is 1. The van der Waals surface area contributed by atoms with Gasteiger partial charge in [-0.25, -0.2) is 4.98 Å². The molecule has 1 heterocycles. The predicted molar refractivity (Wildman–Crippen MR) is 192 cm³/mol. The Morgan fingerprint density at radius 2 is 1.00 bits per heavy atom. The van der Waals surface area contributed by atoms with Gasteiger partial charge >= 0.3 is 0 Å². The van der Waals surface area contributed by atoms with Crippen molar-refractivity contribution in [3.05, 3.63) is 203 Å². The molecule has 0 amide bonds. The monoisotopic (exact) mass is 658 g/mol. The fourth-order valence-electron chi connectivity index (χ4n) is 5.96. The first-order valence-electron chi connectivity index (χ1n) is 15.2. The van der Waals surface area contributed by atoms with E-state index in [2.05, 4.69) is 81.5 Å². The first-order valence-corrected chi connectivity index (χ1v) is 16.0. The fourth-order valence-corrected chi connectivity index (χ4v) is 6.22. The van der Waals surface area contributed by atoms with Gasteiger partial charge in [-0.05, 0) is 71.3 Å². The highest BCUT2D eigenvalue weighted by atomic mass is 79.9. The molecular formula is C42H31BrN2O. The van der Waals surface area contributed by atoms with E-state index in [1.165, 1.54) is 0 Å². The number of rotatable bonds is 8. The summed E-state index contributed by atoms with van der Waals surface area (Å²) in [6.07, 6.45) is 0. The molecule has 7 aromatic rings. The van der Waals surface area contributed by atoms with Gasteiger partial charge in [-0.2, -0.15) is 0 Å². The minimum atomic E-state index is -1.63. The molecule has 0 saturated heterocycles. The molecule has 0 aliphatic carbocycles. The number of hydrogen-bond acceptors (Lipinski definition) is 3. The third-order valence-electron chi connectivity index (χ3n) is 8.20. The lowest BCUT2D eigenvalue weighted by molar-refractivity contribution is 0.121. The Hall–Kier alpha value is -5.29. The van der Waals surface area contributed by atoms with Gasteiger partial charge in [0.15, 0.2) is 5.60 Å². The lowest BCUT2D eigenvalue weighted by atomic mass is 9.81. The van der Waals surface area contributed by atoms with Crippen LogP contribution in [0.3, 0.4) is 0 Å². The van der Waals surface area contributed by atoms with Crippen molar-refractivity contribution in [2.24, 2.45) is 0 Å². The second kappa shape index (κ2) is 13.0. The third-order valence-corrected chi connectivity index (χ3v) is 8.73. The van der Waals surface area contributed by atoms with Crippen molar-refractivity contribution in [1.82, 2.24) is 4.98 Å². The van der Waals surface area contributed by atoms with Gasteiger partial charge in [-0.1, -0.05) is 143 Å². The molecule has 1 atom stereocenters. The maximum atomic E-state index is 13.5. The van der Waals surface area contributed by atoms with E-state index in [0.29, 0.717) is 16.8 Å². The largest absolute Gasteiger partial charge is 0.374 e. The van der Waals surface area contributed by atoms with Crippen molar-refractivity contribution >= 4 is 33.0 Å². The van der Waals surface area contributed by atoms with E-state index in [9.17, 15) is 5.11 Å². The summed E-state index contributed by atoms with van der Waals surface area (Å²) in [6.45, 7) is 0. The topological polar surface area (TPSA) is 36.4 Å². The van der Waals surface area contributed by atoms with Crippen LogP contribution in [0.15, 0.2) is 186 Å². The Morgan fingerprint density at radius 3 is 1.59 bits per heavy atom. The average Bonchev–Trinajstić information content (AvgIpc) is 3.13. The summed E-state index contributed by atoms with van der Waals surface area (Å²) >= 11 is 3.60. The lowest BCUT2D eigenvalue weighted by Gasteiger charge is -2.35. The number of halogens is 1. The number of aliphatic hydroxyl groups is 1. The molecule has 222 valence electrons. The van der Waals surface area contributed by atoms with Crippen LogP contribution in [-0.4, -0.2) is 10.1 Å². The van der Waals surface area contributed by atoms with Crippen molar-refractivity contribution in [3.63, 3.8) is 0 Å². The summed E-state index contributed by atoms with van der Waals surface area (Å²) in [4.78, 5) is 7.43. The van der Waals surface area contributed by atoms with Crippen LogP contribution < -0.4 is 4.90 Å². The van der Waals surface area contributed by atoms with Gasteiger partial charge in [0.1, 0.15) is 0 Å². The standard InChI is InChI=1S/C42H31BrN2O/c43-35-27-25-34(26-28-35)42(46,41-30-33(31-15-5-1-6-16-31)29-39(44-41)32-17-7-2-8-18-32)38-23-13-14-24-40(38)45(36-19-9-3-10-20-36)37-21-11-4-12-22-37/h1-30,46H. The maximum Gasteiger partial charge on any atom is 0.159 e. The Balaban J connectivity index is 1.54. The first-order chi connectivity index (χ1) is 22.6. The maximum absolute atomic E-state index is 13.5. The number of para-hydroxylation sites is 3. The molecule has 0 aliphatic rings. The highest BCUT2D eigenvalue weighted by molar-refractivity contribution is 9.10. The summed E-state index contributed by atoms with van der Waals surface area (Å²) < 4.78 is 0.929. The van der Waals surface area contributed by atoms with Crippen LogP contribution in [0, 0.1) is 0 Å². The number of benzene rings is 6. The zero-order valence-electron chi connectivity index (χ0n) is 25.0. The summed E-state index contributed by atoms with van der Waals surface area (Å²) in [7, 11) is 0. The van der Waals surface area contributed by atoms with Gasteiger partial charge in [0, 0.05) is 27.0 Å². The van der Waals surface area contributed by atoms with E-state index in [1.807, 2.05) is 121 Å². The molecule has 0 bridgehead atoms. The molecule has 7 rings (SSSR count). The second-order valence-electron chi connectivity index (χ2n) is 11.1. The molecule has 0 spiro atoms. The molecule has 3 nitrogen and oxygen atoms in total. The zero-order chi connectivity index (χ0) is 31.3. The van der Waals surface area contributed by atoms with Crippen LogP contribution in [0.1, 0.15) is 16.8 Å². The van der Waals surface area contributed by atoms with Gasteiger partial charge in [-0.3, -0.25) is 0 Å². The molecule has 0 saturated carbocycles. The Labute approximate surface area is 278 Å². The quantitative estimate of drug-likeness (QED) is 0.176. The molecular weight excluding hydrogens is 628 g/mol. The molecule has 46 heavy (non-hydrogen) atoms. The molecule has 1 unspecified atom stereocenters. The van der Waals surface area contributed by atoms with Crippen LogP contribution in [-0.2, 0) is 5.60 Å². The molecule has 0 fully saturated rings. The van der Waals surface area contributed by atoms with Crippen molar-refractivity contribution in [2.75, 3.05) is 4.90 Å². The average molecular weight is 660 g/mol. The fraction of sp³-hybridized carbons (Fsp3) is 0.0238. The van der Waals surface area contributed by atoms with E-state index >= 15 is 0 Å². The van der Waals surface area contributed by atoms with E-state index in [-0.39, 0.29) is 0 Å². The molecule has 4 heteroatoms. The van der Waals surface area contributed by atoms with Crippen molar-refractivity contribution in [3.8, 4) is 22.4 Å². The Kier molecular flexibility index (Phi) is 8.30. The summed E-state index contributed by atoms with van der Waals surface area (Å²) in [5, 5.41) is 13.5. The van der Waals surface area contributed by atoms with Gasteiger partial charge in [0.25, 0.3) is 0 Å². The van der Waals surface area contributed by atoms with Crippen LogP contribution in [0.25, 0.3) is 22.4 Å². The minimum Gasteiger partial charge on any atom is -0.374 e. The summed E-state index contributed by atoms with van der Waals surface area (Å²) in [5.74, 6) is 0. The zero-order valence-corrected chi connectivity index (χ0v) is 26.6. The molecule has 0 radical (unpaired) electrons. The predicted octanol–water partition coefficient (Wildman–Crippen LogP) is 10.9. The summed E-state index contributed by atoms with van der Waals surface area (Å²) in [6, 6.07) is 61.0. The van der Waals surface area contributed by atoms with E-state index in [0.717, 1.165) is 43.9 Å². The number of anilines is 3. The van der Waals surface area contributed by atoms with E-state index in [1.54, 1.807) is 0 Å². The van der Waals surface area contributed by atoms with E-state index in [4.69, 9.17) is 4.98 Å². The Morgan fingerprint density at radius 1 is 0.500 bits per heavy atom. The highest BCUT2D eigenvalue weighted by Crippen LogP contribution is 2.46. The number of aromatic nitrogens is 1. The first kappa shape index (κ1) is 29.4. The van der Waals surface area contributed by atoms with Gasteiger partial charge in [0.05, 0.1) is 17.1 Å². The van der Waals surface area contributed by atoms with Crippen molar-refractivity contribution in [2.45, 2.75) is 5.60 Å². The SMILES string of the molecule is OC(c1ccc(Br)cc1)(c1cc(-c2ccccc2)cc(-c2ccccc2)n1)c1ccccc1N(c1ccccc1)c1ccccc1. The minimum absolute atomic E-state index is 0.531. The van der Waals surface area contributed by atoms with Crippen LogP contribution in [0.4, 0.5) is 17.1 Å². The van der Waals surface area contributed by atoms with E-state index < -0.39 is 5.60 Å². The van der Waals surface area contributed by atoms with Gasteiger partial charge in [-0.15, -0.1) is 0 Å². The number of pyridine rings is 1. The molecule has 6 aromatic carbocycles. The molecule has 0 aliphatic heterocycles. The van der Waals surface area contributed by atoms with Crippen LogP contribution in [0.5, 0.6) is 0 Å². The third kappa shape index (κ3) is 5.77. The normalized spacial score (nSPS) is 12.3. The lowest BCUT2D eigenvalue weighted by Crippen LogP contribution is -2.32. The summed E-state index contributed by atoms with van der Waals surface area (Å²) in [5.41, 5.74) is 6.91. The molecule has 1 N–H and O–H groups in total. The van der Waals surface area contributed by atoms with Crippen LogP contribution >= 0.6 is 15.9 Å². The van der Waals surface area contributed by atoms with Crippen LogP contribution in [0.2, 0.25) is 0 Å². The highest BCUT2D eigenvalue weighted by Gasteiger charge is 2.39. The molecule has 1 aromatic heterocycles. The van der Waals surface area contributed by atoms with Gasteiger partial charge < -0.3 is 10.0 Å². The van der Waals surface area contributed by atoms with Crippen molar-refractivity contribution in [1.29, 1.82) is 0 Å².